The number of aromatic nitrogens is 1. The Morgan fingerprint density at radius 1 is 1.44 bits per heavy atom. The van der Waals surface area contributed by atoms with Crippen LogP contribution in [0.1, 0.15) is 11.3 Å². The zero-order chi connectivity index (χ0) is 13.9. The van der Waals surface area contributed by atoms with Crippen LogP contribution in [0.2, 0.25) is 0 Å². The monoisotopic (exact) mass is 265 g/mol. The molecule has 0 atom stereocenters. The van der Waals surface area contributed by atoms with Crippen molar-refractivity contribution in [3.63, 3.8) is 0 Å². The number of alkyl halides is 3. The molecular weight excluding hydrogens is 255 g/mol. The molecule has 0 aliphatic heterocycles. The summed E-state index contributed by atoms with van der Waals surface area (Å²) in [6.07, 6.45) is -5.49. The van der Waals surface area contributed by atoms with Crippen molar-refractivity contribution < 1.29 is 27.4 Å². The van der Waals surface area contributed by atoms with E-state index in [1.165, 1.54) is 13.0 Å². The first-order valence-corrected chi connectivity index (χ1v) is 4.78. The summed E-state index contributed by atoms with van der Waals surface area (Å²) in [5.41, 5.74) is -0.917. The first-order chi connectivity index (χ1) is 8.23. The topological polar surface area (TPSA) is 68.4 Å². The summed E-state index contributed by atoms with van der Waals surface area (Å²) in [5.74, 6) is -1.72. The molecule has 0 amide bonds. The normalized spacial score (nSPS) is 11.2. The Labute approximate surface area is 99.5 Å². The van der Waals surface area contributed by atoms with Gasteiger partial charge in [-0.25, -0.2) is 0 Å². The van der Waals surface area contributed by atoms with E-state index in [1.807, 2.05) is 0 Å². The maximum Gasteiger partial charge on any atom is 0.573 e. The Bertz CT molecular complexity index is 507. The number of hydrogen-bond donors (Lipinski definition) is 1. The molecule has 0 radical (unpaired) electrons. The predicted molar refractivity (Wildman–Crippen MR) is 54.2 cm³/mol. The van der Waals surface area contributed by atoms with Crippen molar-refractivity contribution in [3.8, 4) is 5.75 Å². The quantitative estimate of drug-likeness (QED) is 0.836. The lowest BCUT2D eigenvalue weighted by Crippen LogP contribution is -2.25. The lowest BCUT2D eigenvalue weighted by atomic mass is 10.1. The number of esters is 1. The van der Waals surface area contributed by atoms with Crippen LogP contribution in [0.25, 0.3) is 0 Å². The third kappa shape index (κ3) is 3.79. The van der Waals surface area contributed by atoms with Crippen molar-refractivity contribution in [2.75, 3.05) is 7.11 Å². The Balaban J connectivity index is 3.21. The van der Waals surface area contributed by atoms with Crippen molar-refractivity contribution in [1.29, 1.82) is 0 Å². The maximum atomic E-state index is 12.1. The number of pyridine rings is 1. The Hall–Kier alpha value is -1.99. The van der Waals surface area contributed by atoms with Gasteiger partial charge in [0.05, 0.1) is 13.5 Å². The van der Waals surface area contributed by atoms with Gasteiger partial charge in [-0.05, 0) is 13.0 Å². The van der Waals surface area contributed by atoms with Gasteiger partial charge in [-0.3, -0.25) is 9.59 Å². The molecule has 1 aromatic heterocycles. The number of methoxy groups -OCH3 is 1. The van der Waals surface area contributed by atoms with Gasteiger partial charge >= 0.3 is 12.3 Å². The summed E-state index contributed by atoms with van der Waals surface area (Å²) in [7, 11) is 1.09. The summed E-state index contributed by atoms with van der Waals surface area (Å²) >= 11 is 0. The minimum Gasteiger partial charge on any atom is -0.469 e. The second-order valence-corrected chi connectivity index (χ2v) is 3.44. The number of aromatic amines is 1. The van der Waals surface area contributed by atoms with Crippen molar-refractivity contribution in [3.05, 3.63) is 27.7 Å². The Morgan fingerprint density at radius 3 is 2.56 bits per heavy atom. The highest BCUT2D eigenvalue weighted by Crippen LogP contribution is 2.23. The summed E-state index contributed by atoms with van der Waals surface area (Å²) in [4.78, 5) is 24.6. The average molecular weight is 265 g/mol. The van der Waals surface area contributed by atoms with E-state index in [1.54, 1.807) is 0 Å². The SMILES string of the molecule is COC(=O)Cc1cc(C)[nH]c(=O)c1OC(F)(F)F. The molecule has 0 aliphatic carbocycles. The van der Waals surface area contributed by atoms with E-state index in [9.17, 15) is 22.8 Å². The van der Waals surface area contributed by atoms with Crippen molar-refractivity contribution in [1.82, 2.24) is 4.98 Å². The predicted octanol–water partition coefficient (Wildman–Crippen LogP) is 1.30. The zero-order valence-electron chi connectivity index (χ0n) is 9.55. The zero-order valence-corrected chi connectivity index (χ0v) is 9.55. The number of hydrogen-bond acceptors (Lipinski definition) is 4. The molecule has 100 valence electrons. The maximum absolute atomic E-state index is 12.1. The molecule has 1 heterocycles. The fourth-order valence-electron chi connectivity index (χ4n) is 1.33. The molecule has 0 saturated heterocycles. The van der Waals surface area contributed by atoms with E-state index in [0.717, 1.165) is 7.11 Å². The van der Waals surface area contributed by atoms with Gasteiger partial charge in [0.1, 0.15) is 0 Å². The molecule has 0 saturated carbocycles. The molecule has 1 aromatic rings. The van der Waals surface area contributed by atoms with Crippen LogP contribution in [-0.2, 0) is 16.0 Å². The van der Waals surface area contributed by atoms with Crippen molar-refractivity contribution >= 4 is 5.97 Å². The van der Waals surface area contributed by atoms with Crippen LogP contribution in [0.4, 0.5) is 13.2 Å². The van der Waals surface area contributed by atoms with E-state index in [0.29, 0.717) is 5.69 Å². The highest BCUT2D eigenvalue weighted by molar-refractivity contribution is 5.73. The third-order valence-electron chi connectivity index (χ3n) is 1.98. The van der Waals surface area contributed by atoms with Crippen LogP contribution < -0.4 is 10.3 Å². The minimum atomic E-state index is -5.01. The second-order valence-electron chi connectivity index (χ2n) is 3.44. The van der Waals surface area contributed by atoms with Gasteiger partial charge in [-0.1, -0.05) is 0 Å². The molecule has 0 fully saturated rings. The number of rotatable bonds is 3. The van der Waals surface area contributed by atoms with Gasteiger partial charge in [0.25, 0.3) is 5.56 Å². The lowest BCUT2D eigenvalue weighted by molar-refractivity contribution is -0.275. The van der Waals surface area contributed by atoms with Gasteiger partial charge in [0.2, 0.25) is 0 Å². The molecular formula is C10H10F3NO4. The molecule has 0 aliphatic rings. The molecule has 5 nitrogen and oxygen atoms in total. The summed E-state index contributed by atoms with van der Waals surface area (Å²) in [6.45, 7) is 1.47. The highest BCUT2D eigenvalue weighted by Gasteiger charge is 2.33. The number of carbonyl (C=O) groups excluding carboxylic acids is 1. The van der Waals surface area contributed by atoms with E-state index in [-0.39, 0.29) is 5.56 Å². The van der Waals surface area contributed by atoms with Crippen molar-refractivity contribution in [2.45, 2.75) is 19.7 Å². The third-order valence-corrected chi connectivity index (χ3v) is 1.98. The average Bonchev–Trinajstić information content (AvgIpc) is 2.21. The molecule has 8 heteroatoms. The molecule has 0 bridgehead atoms. The van der Waals surface area contributed by atoms with Gasteiger partial charge in [-0.2, -0.15) is 0 Å². The first-order valence-electron chi connectivity index (χ1n) is 4.78. The van der Waals surface area contributed by atoms with Crippen LogP contribution in [0.3, 0.4) is 0 Å². The van der Waals surface area contributed by atoms with Gasteiger partial charge in [0.15, 0.2) is 5.75 Å². The van der Waals surface area contributed by atoms with Gasteiger partial charge in [-0.15, -0.1) is 13.2 Å². The second kappa shape index (κ2) is 5.11. The van der Waals surface area contributed by atoms with Crippen LogP contribution >= 0.6 is 0 Å². The molecule has 0 aromatic carbocycles. The van der Waals surface area contributed by atoms with E-state index in [2.05, 4.69) is 14.5 Å². The number of H-pyrrole nitrogens is 1. The molecule has 0 spiro atoms. The standard InChI is InChI=1S/C10H10F3NO4/c1-5-3-6(4-7(15)17-2)8(9(16)14-5)18-10(11,12)13/h3H,4H2,1-2H3,(H,14,16). The van der Waals surface area contributed by atoms with Crippen LogP contribution in [-0.4, -0.2) is 24.4 Å². The van der Waals surface area contributed by atoms with E-state index in [4.69, 9.17) is 0 Å². The minimum absolute atomic E-state index is 0.180. The molecule has 1 rings (SSSR count). The van der Waals surface area contributed by atoms with Crippen LogP contribution in [0, 0.1) is 6.92 Å². The highest BCUT2D eigenvalue weighted by atomic mass is 19.4. The fraction of sp³-hybridized carbons (Fsp3) is 0.400. The number of aryl methyl sites for hydroxylation is 1. The van der Waals surface area contributed by atoms with Crippen molar-refractivity contribution in [2.24, 2.45) is 0 Å². The smallest absolute Gasteiger partial charge is 0.469 e. The Morgan fingerprint density at radius 2 is 2.06 bits per heavy atom. The lowest BCUT2D eigenvalue weighted by Gasteiger charge is -2.12. The number of halogens is 3. The summed E-state index contributed by atoms with van der Waals surface area (Å²) in [6, 6.07) is 1.22. The van der Waals surface area contributed by atoms with Gasteiger partial charge in [0, 0.05) is 11.3 Å². The van der Waals surface area contributed by atoms with E-state index >= 15 is 0 Å². The van der Waals surface area contributed by atoms with Crippen LogP contribution in [0.5, 0.6) is 5.75 Å². The van der Waals surface area contributed by atoms with Crippen LogP contribution in [0.15, 0.2) is 10.9 Å². The molecule has 0 unspecified atom stereocenters. The number of carbonyl (C=O) groups is 1. The number of ether oxygens (including phenoxy) is 2. The summed E-state index contributed by atoms with van der Waals surface area (Å²) in [5, 5.41) is 0. The Kier molecular flexibility index (Phi) is 4.00. The first kappa shape index (κ1) is 14.1. The molecule has 18 heavy (non-hydrogen) atoms. The largest absolute Gasteiger partial charge is 0.573 e. The number of nitrogens with one attached hydrogen (secondary N) is 1. The van der Waals surface area contributed by atoms with Gasteiger partial charge < -0.3 is 14.5 Å². The summed E-state index contributed by atoms with van der Waals surface area (Å²) < 4.78 is 44.3. The van der Waals surface area contributed by atoms with E-state index < -0.39 is 30.1 Å². The fourth-order valence-corrected chi connectivity index (χ4v) is 1.33. The molecule has 1 N–H and O–H groups in total.